The van der Waals surface area contributed by atoms with Crippen LogP contribution in [-0.2, 0) is 23.1 Å². The van der Waals surface area contributed by atoms with Crippen LogP contribution in [0.25, 0.3) is 0 Å². The number of hydrogen-bond donors (Lipinski definition) is 1. The molecule has 0 bridgehead atoms. The Labute approximate surface area is 199 Å². The smallest absolute Gasteiger partial charge is 0.251 e. The van der Waals surface area contributed by atoms with Gasteiger partial charge in [-0.2, -0.15) is 4.31 Å². The first-order valence-corrected chi connectivity index (χ1v) is 12.8. The Hall–Kier alpha value is -2.68. The van der Waals surface area contributed by atoms with Gasteiger partial charge in [-0.3, -0.25) is 4.79 Å². The molecule has 1 saturated heterocycles. The number of amides is 1. The quantitative estimate of drug-likeness (QED) is 0.548. The van der Waals surface area contributed by atoms with E-state index in [2.05, 4.69) is 10.3 Å². The molecule has 1 aliphatic heterocycles. The van der Waals surface area contributed by atoms with E-state index in [1.807, 2.05) is 42.0 Å². The summed E-state index contributed by atoms with van der Waals surface area (Å²) in [4.78, 5) is 16.8. The normalized spacial score (nSPS) is 17.1. The van der Waals surface area contributed by atoms with Crippen LogP contribution in [0.4, 0.5) is 0 Å². The minimum Gasteiger partial charge on any atom is -0.348 e. The fourth-order valence-electron chi connectivity index (χ4n) is 3.98. The van der Waals surface area contributed by atoms with Crippen molar-refractivity contribution < 1.29 is 13.2 Å². The number of rotatable bonds is 7. The predicted molar refractivity (Wildman–Crippen MR) is 128 cm³/mol. The van der Waals surface area contributed by atoms with Gasteiger partial charge < -0.3 is 9.88 Å². The predicted octanol–water partition coefficient (Wildman–Crippen LogP) is 3.94. The maximum atomic E-state index is 13.2. The molecule has 174 valence electrons. The van der Waals surface area contributed by atoms with Crippen molar-refractivity contribution in [2.24, 2.45) is 5.92 Å². The molecule has 1 unspecified atom stereocenters. The molecule has 0 spiro atoms. The van der Waals surface area contributed by atoms with Gasteiger partial charge >= 0.3 is 0 Å². The number of piperidine rings is 1. The van der Waals surface area contributed by atoms with E-state index in [9.17, 15) is 13.2 Å². The van der Waals surface area contributed by atoms with Crippen molar-refractivity contribution >= 4 is 27.5 Å². The molecular formula is C24H27ClN4O3S. The van der Waals surface area contributed by atoms with Crippen LogP contribution < -0.4 is 5.32 Å². The highest BCUT2D eigenvalue weighted by atomic mass is 35.5. The number of hydrogen-bond acceptors (Lipinski definition) is 4. The molecule has 2 aromatic carbocycles. The first kappa shape index (κ1) is 23.5. The van der Waals surface area contributed by atoms with Gasteiger partial charge in [0, 0.05) is 44.1 Å². The van der Waals surface area contributed by atoms with Crippen LogP contribution >= 0.6 is 11.6 Å². The van der Waals surface area contributed by atoms with Crippen molar-refractivity contribution in [3.8, 4) is 0 Å². The van der Waals surface area contributed by atoms with Crippen molar-refractivity contribution in [1.29, 1.82) is 0 Å². The van der Waals surface area contributed by atoms with Crippen molar-refractivity contribution in [2.45, 2.75) is 37.8 Å². The second-order valence-corrected chi connectivity index (χ2v) is 10.8. The molecule has 1 fully saturated rings. The van der Waals surface area contributed by atoms with Crippen molar-refractivity contribution in [3.63, 3.8) is 0 Å². The third kappa shape index (κ3) is 5.63. The SMILES string of the molecule is CC1CCCN(S(=O)(=O)c2cc(C(=O)NCc3ccc(Cn4ccnc4)cc3)ccc2Cl)C1. The summed E-state index contributed by atoms with van der Waals surface area (Å²) in [6.07, 6.45) is 7.23. The fourth-order valence-corrected chi connectivity index (χ4v) is 6.08. The molecular weight excluding hydrogens is 460 g/mol. The van der Waals surface area contributed by atoms with Crippen LogP contribution in [0.15, 0.2) is 66.1 Å². The lowest BCUT2D eigenvalue weighted by atomic mass is 10.0. The molecule has 1 aliphatic rings. The Kier molecular flexibility index (Phi) is 7.17. The highest BCUT2D eigenvalue weighted by molar-refractivity contribution is 7.89. The Balaban J connectivity index is 1.42. The first-order chi connectivity index (χ1) is 15.8. The summed E-state index contributed by atoms with van der Waals surface area (Å²) >= 11 is 6.24. The Morgan fingerprint density at radius 2 is 1.94 bits per heavy atom. The van der Waals surface area contributed by atoms with E-state index in [0.29, 0.717) is 25.6 Å². The summed E-state index contributed by atoms with van der Waals surface area (Å²) in [6, 6.07) is 12.3. The number of nitrogens with one attached hydrogen (secondary N) is 1. The molecule has 0 aliphatic carbocycles. The van der Waals surface area contributed by atoms with Crippen LogP contribution in [0.5, 0.6) is 0 Å². The van der Waals surface area contributed by atoms with Crippen molar-refractivity contribution in [1.82, 2.24) is 19.2 Å². The third-order valence-electron chi connectivity index (χ3n) is 5.83. The molecule has 1 atom stereocenters. The van der Waals surface area contributed by atoms with Gasteiger partial charge in [0.25, 0.3) is 5.91 Å². The van der Waals surface area contributed by atoms with Crippen LogP contribution in [-0.4, -0.2) is 41.3 Å². The van der Waals surface area contributed by atoms with Crippen LogP contribution in [0, 0.1) is 5.92 Å². The number of aromatic nitrogens is 2. The lowest BCUT2D eigenvalue weighted by Crippen LogP contribution is -2.39. The zero-order valence-corrected chi connectivity index (χ0v) is 20.0. The van der Waals surface area contributed by atoms with E-state index < -0.39 is 10.0 Å². The molecule has 1 N–H and O–H groups in total. The molecule has 4 rings (SSSR count). The highest BCUT2D eigenvalue weighted by Gasteiger charge is 2.30. The summed E-state index contributed by atoms with van der Waals surface area (Å²) in [7, 11) is -3.76. The molecule has 0 radical (unpaired) electrons. The maximum Gasteiger partial charge on any atom is 0.251 e. The summed E-state index contributed by atoms with van der Waals surface area (Å²) in [5.41, 5.74) is 2.34. The van der Waals surface area contributed by atoms with E-state index in [0.717, 1.165) is 30.5 Å². The highest BCUT2D eigenvalue weighted by Crippen LogP contribution is 2.29. The van der Waals surface area contributed by atoms with Gasteiger partial charge in [-0.25, -0.2) is 13.4 Å². The maximum absolute atomic E-state index is 13.2. The van der Waals surface area contributed by atoms with Gasteiger partial charge in [-0.1, -0.05) is 42.8 Å². The van der Waals surface area contributed by atoms with Crippen LogP contribution in [0.1, 0.15) is 41.3 Å². The molecule has 33 heavy (non-hydrogen) atoms. The summed E-state index contributed by atoms with van der Waals surface area (Å²) in [6.45, 7) is 4.03. The topological polar surface area (TPSA) is 84.3 Å². The van der Waals surface area contributed by atoms with Crippen molar-refractivity contribution in [3.05, 3.63) is 82.9 Å². The van der Waals surface area contributed by atoms with Gasteiger partial charge in [0.15, 0.2) is 0 Å². The lowest BCUT2D eigenvalue weighted by Gasteiger charge is -2.30. The first-order valence-electron chi connectivity index (χ1n) is 10.9. The zero-order chi connectivity index (χ0) is 23.4. The van der Waals surface area contributed by atoms with E-state index in [-0.39, 0.29) is 21.4 Å². The standard InChI is InChI=1S/C24H27ClN4O3S/c1-18-3-2-11-29(15-18)33(31,32)23-13-21(8-9-22(23)25)24(30)27-14-19-4-6-20(7-5-19)16-28-12-10-26-17-28/h4-10,12-13,17-18H,2-3,11,14-16H2,1H3,(H,27,30). The average Bonchev–Trinajstić information content (AvgIpc) is 3.31. The van der Waals surface area contributed by atoms with E-state index in [4.69, 9.17) is 11.6 Å². The number of halogens is 1. The minimum absolute atomic E-state index is 0.0187. The number of sulfonamides is 1. The zero-order valence-electron chi connectivity index (χ0n) is 18.4. The molecule has 3 aromatic rings. The van der Waals surface area contributed by atoms with E-state index in [1.54, 1.807) is 18.6 Å². The van der Waals surface area contributed by atoms with Gasteiger partial charge in [0.05, 0.1) is 11.3 Å². The Morgan fingerprint density at radius 3 is 2.64 bits per heavy atom. The Bertz CT molecular complexity index is 1210. The van der Waals surface area contributed by atoms with Crippen molar-refractivity contribution in [2.75, 3.05) is 13.1 Å². The molecule has 2 heterocycles. The lowest BCUT2D eigenvalue weighted by molar-refractivity contribution is 0.0950. The molecule has 9 heteroatoms. The average molecular weight is 487 g/mol. The second-order valence-electron chi connectivity index (χ2n) is 8.49. The van der Waals surface area contributed by atoms with Gasteiger partial charge in [-0.15, -0.1) is 0 Å². The number of benzene rings is 2. The van der Waals surface area contributed by atoms with Gasteiger partial charge in [-0.05, 0) is 48.1 Å². The van der Waals surface area contributed by atoms with Crippen LogP contribution in [0.2, 0.25) is 5.02 Å². The number of imidazole rings is 1. The summed E-state index contributed by atoms with van der Waals surface area (Å²) < 4.78 is 29.8. The van der Waals surface area contributed by atoms with Gasteiger partial charge in [0.2, 0.25) is 10.0 Å². The molecule has 1 amide bonds. The van der Waals surface area contributed by atoms with E-state index in [1.165, 1.54) is 16.4 Å². The fraction of sp³-hybridized carbons (Fsp3) is 0.333. The summed E-state index contributed by atoms with van der Waals surface area (Å²) in [5.74, 6) is -0.0530. The molecule has 0 saturated carbocycles. The molecule has 7 nitrogen and oxygen atoms in total. The number of nitrogens with zero attached hydrogens (tertiary/aromatic N) is 3. The number of carbonyl (C=O) groups excluding carboxylic acids is 1. The van der Waals surface area contributed by atoms with Gasteiger partial charge in [0.1, 0.15) is 4.90 Å². The number of carbonyl (C=O) groups is 1. The second kappa shape index (κ2) is 10.1. The van der Waals surface area contributed by atoms with E-state index >= 15 is 0 Å². The summed E-state index contributed by atoms with van der Waals surface area (Å²) in [5, 5.41) is 2.98. The monoisotopic (exact) mass is 486 g/mol. The molecule has 1 aromatic heterocycles. The largest absolute Gasteiger partial charge is 0.348 e. The van der Waals surface area contributed by atoms with Crippen LogP contribution in [0.3, 0.4) is 0 Å². The minimum atomic E-state index is -3.76. The third-order valence-corrected chi connectivity index (χ3v) is 8.18. The Morgan fingerprint density at radius 1 is 1.18 bits per heavy atom.